The summed E-state index contributed by atoms with van der Waals surface area (Å²) in [5.74, 6) is 1.20. The SMILES string of the molecule is CCn1c(C2CCN(C(=O)c3ccc([C@@H]4CCCN4)s3)CC2)n[nH]c1=O. The first-order chi connectivity index (χ1) is 12.7. The average molecular weight is 375 g/mol. The van der Waals surface area contributed by atoms with Crippen LogP contribution in [0.2, 0.25) is 0 Å². The summed E-state index contributed by atoms with van der Waals surface area (Å²) in [5, 5.41) is 10.2. The predicted octanol–water partition coefficient (Wildman–Crippen LogP) is 2.10. The van der Waals surface area contributed by atoms with Gasteiger partial charge in [-0.05, 0) is 51.3 Å². The van der Waals surface area contributed by atoms with Gasteiger partial charge in [0, 0.05) is 36.5 Å². The third kappa shape index (κ3) is 3.23. The Morgan fingerprint density at radius 3 is 2.81 bits per heavy atom. The maximum absolute atomic E-state index is 12.8. The molecule has 1 amide bonds. The summed E-state index contributed by atoms with van der Waals surface area (Å²) < 4.78 is 1.70. The summed E-state index contributed by atoms with van der Waals surface area (Å²) >= 11 is 1.62. The van der Waals surface area contributed by atoms with E-state index in [2.05, 4.69) is 21.6 Å². The molecule has 0 aromatic carbocycles. The van der Waals surface area contributed by atoms with Crippen molar-refractivity contribution in [3.05, 3.63) is 38.2 Å². The highest BCUT2D eigenvalue weighted by Gasteiger charge is 2.29. The summed E-state index contributed by atoms with van der Waals surface area (Å²) in [6, 6.07) is 4.48. The number of thiophene rings is 1. The molecular formula is C18H25N5O2S. The van der Waals surface area contributed by atoms with Crippen LogP contribution in [0.1, 0.15) is 64.9 Å². The number of rotatable bonds is 4. The number of piperidine rings is 1. The largest absolute Gasteiger partial charge is 0.343 e. The van der Waals surface area contributed by atoms with E-state index in [1.54, 1.807) is 15.9 Å². The molecule has 2 aliphatic rings. The highest BCUT2D eigenvalue weighted by Crippen LogP contribution is 2.31. The summed E-state index contributed by atoms with van der Waals surface area (Å²) in [6.07, 6.45) is 4.05. The zero-order valence-electron chi connectivity index (χ0n) is 15.0. The van der Waals surface area contributed by atoms with E-state index in [0.29, 0.717) is 25.7 Å². The molecule has 2 N–H and O–H groups in total. The summed E-state index contributed by atoms with van der Waals surface area (Å²) in [6.45, 7) is 5.06. The van der Waals surface area contributed by atoms with E-state index in [1.807, 2.05) is 17.9 Å². The Kier molecular flexibility index (Phi) is 4.95. The highest BCUT2D eigenvalue weighted by atomic mass is 32.1. The van der Waals surface area contributed by atoms with Crippen LogP contribution < -0.4 is 11.0 Å². The minimum Gasteiger partial charge on any atom is -0.338 e. The smallest absolute Gasteiger partial charge is 0.338 e. The normalized spacial score (nSPS) is 21.4. The third-order valence-electron chi connectivity index (χ3n) is 5.49. The van der Waals surface area contributed by atoms with Crippen molar-refractivity contribution in [1.29, 1.82) is 0 Å². The van der Waals surface area contributed by atoms with Gasteiger partial charge in [-0.1, -0.05) is 0 Å². The monoisotopic (exact) mass is 375 g/mol. The number of H-pyrrole nitrogens is 1. The van der Waals surface area contributed by atoms with E-state index in [9.17, 15) is 9.59 Å². The molecule has 0 unspecified atom stereocenters. The standard InChI is InChI=1S/C18H25N5O2S/c1-2-23-16(20-21-18(23)25)12-7-10-22(11-8-12)17(24)15-6-5-14(26-15)13-4-3-9-19-13/h5-6,12-13,19H,2-4,7-11H2,1H3,(H,21,25)/t13-/m0/s1. The van der Waals surface area contributed by atoms with Crippen molar-refractivity contribution in [1.82, 2.24) is 25.0 Å². The van der Waals surface area contributed by atoms with Crippen molar-refractivity contribution in [3.8, 4) is 0 Å². The first-order valence-corrected chi connectivity index (χ1v) is 10.3. The van der Waals surface area contributed by atoms with Crippen LogP contribution in [0.5, 0.6) is 0 Å². The van der Waals surface area contributed by atoms with Gasteiger partial charge in [-0.3, -0.25) is 9.36 Å². The lowest BCUT2D eigenvalue weighted by Gasteiger charge is -2.31. The number of nitrogens with zero attached hydrogens (tertiary/aromatic N) is 3. The molecule has 1 atom stereocenters. The molecule has 2 aliphatic heterocycles. The second kappa shape index (κ2) is 7.36. The maximum atomic E-state index is 12.8. The van der Waals surface area contributed by atoms with Gasteiger partial charge in [0.1, 0.15) is 5.82 Å². The number of hydrogen-bond donors (Lipinski definition) is 2. The lowest BCUT2D eigenvalue weighted by molar-refractivity contribution is 0.0715. The first-order valence-electron chi connectivity index (χ1n) is 9.45. The Bertz CT molecular complexity index is 825. The lowest BCUT2D eigenvalue weighted by Crippen LogP contribution is -2.38. The number of aromatic amines is 1. The fourth-order valence-electron chi connectivity index (χ4n) is 4.03. The predicted molar refractivity (Wildman–Crippen MR) is 101 cm³/mol. The van der Waals surface area contributed by atoms with Crippen LogP contribution >= 0.6 is 11.3 Å². The van der Waals surface area contributed by atoms with Gasteiger partial charge in [-0.15, -0.1) is 11.3 Å². The molecule has 2 aromatic rings. The summed E-state index contributed by atoms with van der Waals surface area (Å²) in [7, 11) is 0. The topological polar surface area (TPSA) is 83.0 Å². The van der Waals surface area contributed by atoms with Gasteiger partial charge in [0.15, 0.2) is 0 Å². The number of hydrogen-bond acceptors (Lipinski definition) is 5. The third-order valence-corrected chi connectivity index (χ3v) is 6.68. The molecule has 7 nitrogen and oxygen atoms in total. The van der Waals surface area contributed by atoms with Gasteiger partial charge < -0.3 is 10.2 Å². The zero-order valence-corrected chi connectivity index (χ0v) is 15.8. The van der Waals surface area contributed by atoms with Crippen molar-refractivity contribution in [3.63, 3.8) is 0 Å². The van der Waals surface area contributed by atoms with Crippen molar-refractivity contribution in [2.75, 3.05) is 19.6 Å². The molecule has 26 heavy (non-hydrogen) atoms. The van der Waals surface area contributed by atoms with Gasteiger partial charge in [0.2, 0.25) is 0 Å². The summed E-state index contributed by atoms with van der Waals surface area (Å²) in [5.41, 5.74) is -0.146. The van der Waals surface area contributed by atoms with Crippen LogP contribution in [-0.4, -0.2) is 45.2 Å². The number of likely N-dealkylation sites (tertiary alicyclic amines) is 1. The Balaban J connectivity index is 1.40. The van der Waals surface area contributed by atoms with Gasteiger partial charge in [-0.25, -0.2) is 9.89 Å². The lowest BCUT2D eigenvalue weighted by atomic mass is 9.95. The van der Waals surface area contributed by atoms with Crippen molar-refractivity contribution < 1.29 is 4.79 Å². The van der Waals surface area contributed by atoms with E-state index in [0.717, 1.165) is 36.5 Å². The Morgan fingerprint density at radius 2 is 2.12 bits per heavy atom. The number of nitrogens with one attached hydrogen (secondary N) is 2. The van der Waals surface area contributed by atoms with E-state index in [1.165, 1.54) is 11.3 Å². The Hall–Kier alpha value is -1.93. The van der Waals surface area contributed by atoms with E-state index in [-0.39, 0.29) is 17.5 Å². The van der Waals surface area contributed by atoms with Crippen LogP contribution in [0.25, 0.3) is 0 Å². The molecule has 0 spiro atoms. The molecule has 8 heteroatoms. The van der Waals surface area contributed by atoms with E-state index < -0.39 is 0 Å². The zero-order chi connectivity index (χ0) is 18.1. The van der Waals surface area contributed by atoms with Crippen LogP contribution in [0.4, 0.5) is 0 Å². The molecular weight excluding hydrogens is 350 g/mol. The van der Waals surface area contributed by atoms with Crippen molar-refractivity contribution in [2.45, 2.75) is 51.1 Å². The summed E-state index contributed by atoms with van der Waals surface area (Å²) in [4.78, 5) is 28.6. The molecule has 2 saturated heterocycles. The quantitative estimate of drug-likeness (QED) is 0.857. The van der Waals surface area contributed by atoms with Crippen LogP contribution in [0.15, 0.2) is 16.9 Å². The van der Waals surface area contributed by atoms with Crippen LogP contribution in [-0.2, 0) is 6.54 Å². The van der Waals surface area contributed by atoms with E-state index >= 15 is 0 Å². The van der Waals surface area contributed by atoms with Crippen molar-refractivity contribution >= 4 is 17.2 Å². The Labute approximate surface area is 156 Å². The highest BCUT2D eigenvalue weighted by molar-refractivity contribution is 7.14. The molecule has 4 heterocycles. The van der Waals surface area contributed by atoms with Gasteiger partial charge in [-0.2, -0.15) is 5.10 Å². The van der Waals surface area contributed by atoms with Gasteiger partial charge in [0.05, 0.1) is 4.88 Å². The molecule has 0 saturated carbocycles. The van der Waals surface area contributed by atoms with Gasteiger partial charge >= 0.3 is 5.69 Å². The molecule has 2 fully saturated rings. The number of carbonyl (C=O) groups is 1. The molecule has 0 aliphatic carbocycles. The molecule has 0 bridgehead atoms. The molecule has 2 aromatic heterocycles. The second-order valence-electron chi connectivity index (χ2n) is 7.05. The minimum atomic E-state index is -0.146. The fraction of sp³-hybridized carbons (Fsp3) is 0.611. The fourth-order valence-corrected chi connectivity index (χ4v) is 5.11. The maximum Gasteiger partial charge on any atom is 0.343 e. The Morgan fingerprint density at radius 1 is 1.31 bits per heavy atom. The van der Waals surface area contributed by atoms with Crippen LogP contribution in [0, 0.1) is 0 Å². The molecule has 140 valence electrons. The molecule has 4 rings (SSSR count). The number of carbonyl (C=O) groups excluding carboxylic acids is 1. The van der Waals surface area contributed by atoms with Crippen molar-refractivity contribution in [2.24, 2.45) is 0 Å². The molecule has 0 radical (unpaired) electrons. The average Bonchev–Trinajstić information content (AvgIpc) is 3.41. The number of amides is 1. The van der Waals surface area contributed by atoms with E-state index in [4.69, 9.17) is 0 Å². The first kappa shape index (κ1) is 17.5. The number of aromatic nitrogens is 3. The van der Waals surface area contributed by atoms with Crippen LogP contribution in [0.3, 0.4) is 0 Å². The minimum absolute atomic E-state index is 0.132. The second-order valence-corrected chi connectivity index (χ2v) is 8.16. The van der Waals surface area contributed by atoms with Gasteiger partial charge in [0.25, 0.3) is 5.91 Å².